The quantitative estimate of drug-likeness (QED) is 0.301. The van der Waals surface area contributed by atoms with Gasteiger partial charge in [-0.25, -0.2) is 13.8 Å². The van der Waals surface area contributed by atoms with Gasteiger partial charge in [-0.3, -0.25) is 14.2 Å². The number of benzene rings is 1. The van der Waals surface area contributed by atoms with Crippen LogP contribution >= 0.6 is 11.8 Å². The number of nitrogens with one attached hydrogen (secondary N) is 1. The number of carbonyl (C=O) groups is 1. The SMILES string of the molecule is CN(Cl)CCCCCn1cnc(C(=O)NCc2ccc(F)cc2)c(OS(C)(=O)=O)c1=O. The van der Waals surface area contributed by atoms with E-state index in [-0.39, 0.29) is 13.1 Å². The van der Waals surface area contributed by atoms with E-state index in [2.05, 4.69) is 10.3 Å². The third-order valence-electron chi connectivity index (χ3n) is 4.18. The molecule has 0 spiro atoms. The van der Waals surface area contributed by atoms with Gasteiger partial charge in [-0.2, -0.15) is 8.42 Å². The third-order valence-corrected chi connectivity index (χ3v) is 4.82. The molecule has 31 heavy (non-hydrogen) atoms. The van der Waals surface area contributed by atoms with E-state index in [0.717, 1.165) is 19.1 Å². The number of aryl methyl sites for hydroxylation is 1. The van der Waals surface area contributed by atoms with Gasteiger partial charge in [0.1, 0.15) is 5.82 Å². The number of carbonyl (C=O) groups excluding carboxylic acids is 1. The standard InChI is InChI=1S/C19H24ClFN4O5S/c1-24(20)10-4-3-5-11-25-13-23-16(17(19(25)27)30-31(2,28)29)18(26)22-12-14-6-8-15(21)9-7-14/h6-9,13H,3-5,10-12H2,1-2H3,(H,22,26). The predicted molar refractivity (Wildman–Crippen MR) is 114 cm³/mol. The first-order valence-electron chi connectivity index (χ1n) is 9.45. The van der Waals surface area contributed by atoms with Crippen LogP contribution < -0.4 is 15.1 Å². The number of nitrogens with zero attached hydrogens (tertiary/aromatic N) is 3. The van der Waals surface area contributed by atoms with Crippen molar-refractivity contribution >= 4 is 27.8 Å². The lowest BCUT2D eigenvalue weighted by molar-refractivity contribution is 0.0943. The van der Waals surface area contributed by atoms with Crippen LogP contribution in [0, 0.1) is 5.82 Å². The van der Waals surface area contributed by atoms with E-state index < -0.39 is 38.8 Å². The molecular formula is C19H24ClFN4O5S. The third kappa shape index (κ3) is 8.27. The van der Waals surface area contributed by atoms with Crippen molar-refractivity contribution in [3.8, 4) is 5.75 Å². The van der Waals surface area contributed by atoms with Gasteiger partial charge in [-0.05, 0) is 42.3 Å². The van der Waals surface area contributed by atoms with Gasteiger partial charge in [-0.15, -0.1) is 0 Å². The number of amides is 1. The highest BCUT2D eigenvalue weighted by atomic mass is 35.5. The summed E-state index contributed by atoms with van der Waals surface area (Å²) in [5.74, 6) is -1.88. The molecule has 0 radical (unpaired) electrons. The molecule has 9 nitrogen and oxygen atoms in total. The summed E-state index contributed by atoms with van der Waals surface area (Å²) in [6.07, 6.45) is 4.18. The first kappa shape index (κ1) is 24.8. The maximum Gasteiger partial charge on any atom is 0.306 e. The average molecular weight is 475 g/mol. The van der Waals surface area contributed by atoms with Gasteiger partial charge in [-0.1, -0.05) is 18.6 Å². The van der Waals surface area contributed by atoms with E-state index in [1.165, 1.54) is 39.6 Å². The number of unbranched alkanes of at least 4 members (excludes halogenated alkanes) is 2. The van der Waals surface area contributed by atoms with E-state index >= 15 is 0 Å². The predicted octanol–water partition coefficient (Wildman–Crippen LogP) is 1.91. The molecular weight excluding hydrogens is 451 g/mol. The van der Waals surface area contributed by atoms with Crippen molar-refractivity contribution in [2.45, 2.75) is 32.4 Å². The largest absolute Gasteiger partial charge is 0.374 e. The lowest BCUT2D eigenvalue weighted by Gasteiger charge is -2.12. The average Bonchev–Trinajstić information content (AvgIpc) is 2.68. The first-order chi connectivity index (χ1) is 14.6. The van der Waals surface area contributed by atoms with Crippen molar-refractivity contribution in [3.05, 3.63) is 58.0 Å². The second kappa shape index (κ2) is 11.2. The topological polar surface area (TPSA) is 111 Å². The summed E-state index contributed by atoms with van der Waals surface area (Å²) >= 11 is 5.74. The Morgan fingerprint density at radius 2 is 1.94 bits per heavy atom. The molecule has 1 N–H and O–H groups in total. The zero-order valence-corrected chi connectivity index (χ0v) is 18.7. The molecule has 170 valence electrons. The summed E-state index contributed by atoms with van der Waals surface area (Å²) in [7, 11) is -2.34. The highest BCUT2D eigenvalue weighted by Gasteiger charge is 2.23. The zero-order valence-electron chi connectivity index (χ0n) is 17.2. The Hall–Kier alpha value is -2.50. The Labute approximate surface area is 185 Å². The van der Waals surface area contributed by atoms with Gasteiger partial charge in [0.2, 0.25) is 5.75 Å². The van der Waals surface area contributed by atoms with E-state index in [9.17, 15) is 22.4 Å². The molecule has 0 saturated heterocycles. The molecule has 1 heterocycles. The first-order valence-corrected chi connectivity index (χ1v) is 11.6. The smallest absolute Gasteiger partial charge is 0.306 e. The van der Waals surface area contributed by atoms with Gasteiger partial charge >= 0.3 is 10.1 Å². The van der Waals surface area contributed by atoms with Gasteiger partial charge in [0.25, 0.3) is 11.5 Å². The fourth-order valence-corrected chi connectivity index (χ4v) is 3.25. The van der Waals surface area contributed by atoms with Crippen LogP contribution in [0.4, 0.5) is 4.39 Å². The number of halogens is 2. The number of hydrogen-bond donors (Lipinski definition) is 1. The number of rotatable bonds is 11. The van der Waals surface area contributed by atoms with Crippen molar-refractivity contribution in [2.24, 2.45) is 0 Å². The number of aromatic nitrogens is 2. The fraction of sp³-hybridized carbons (Fsp3) is 0.421. The summed E-state index contributed by atoms with van der Waals surface area (Å²) in [5, 5.41) is 2.51. The summed E-state index contributed by atoms with van der Waals surface area (Å²) in [6, 6.07) is 5.45. The van der Waals surface area contributed by atoms with Crippen LogP contribution in [-0.4, -0.2) is 48.1 Å². The fourth-order valence-electron chi connectivity index (χ4n) is 2.67. The molecule has 0 aliphatic heterocycles. The van der Waals surface area contributed by atoms with Crippen LogP contribution in [0.15, 0.2) is 35.4 Å². The molecule has 0 aliphatic carbocycles. The maximum absolute atomic E-state index is 13.0. The molecule has 0 unspecified atom stereocenters. The van der Waals surface area contributed by atoms with E-state index in [1.807, 2.05) is 0 Å². The molecule has 2 aromatic rings. The minimum atomic E-state index is -4.08. The Balaban J connectivity index is 2.17. The van der Waals surface area contributed by atoms with Gasteiger partial charge in [0, 0.05) is 26.7 Å². The monoisotopic (exact) mass is 474 g/mol. The normalized spacial score (nSPS) is 11.5. The van der Waals surface area contributed by atoms with Crippen molar-refractivity contribution in [1.82, 2.24) is 19.3 Å². The molecule has 0 fully saturated rings. The lowest BCUT2D eigenvalue weighted by atomic mass is 10.2. The Morgan fingerprint density at radius 1 is 1.26 bits per heavy atom. The molecule has 0 saturated carbocycles. The van der Waals surface area contributed by atoms with Crippen LogP contribution in [0.3, 0.4) is 0 Å². The Morgan fingerprint density at radius 3 is 2.55 bits per heavy atom. The second-order valence-electron chi connectivity index (χ2n) is 6.91. The summed E-state index contributed by atoms with van der Waals surface area (Å²) in [4.78, 5) is 29.2. The van der Waals surface area contributed by atoms with Crippen molar-refractivity contribution in [1.29, 1.82) is 0 Å². The van der Waals surface area contributed by atoms with Crippen LogP contribution in [0.2, 0.25) is 0 Å². The van der Waals surface area contributed by atoms with E-state index in [0.29, 0.717) is 18.5 Å². The molecule has 12 heteroatoms. The van der Waals surface area contributed by atoms with Crippen LogP contribution in [0.1, 0.15) is 35.3 Å². The van der Waals surface area contributed by atoms with Gasteiger partial charge in [0.15, 0.2) is 5.69 Å². The van der Waals surface area contributed by atoms with Crippen molar-refractivity contribution in [3.63, 3.8) is 0 Å². The van der Waals surface area contributed by atoms with Crippen LogP contribution in [0.25, 0.3) is 0 Å². The van der Waals surface area contributed by atoms with Crippen LogP contribution in [-0.2, 0) is 23.2 Å². The highest BCUT2D eigenvalue weighted by Crippen LogP contribution is 2.13. The second-order valence-corrected chi connectivity index (χ2v) is 9.06. The van der Waals surface area contributed by atoms with Crippen molar-refractivity contribution in [2.75, 3.05) is 19.8 Å². The molecule has 0 aliphatic rings. The lowest BCUT2D eigenvalue weighted by Crippen LogP contribution is -2.31. The number of hydrogen-bond acceptors (Lipinski definition) is 7. The molecule has 0 atom stereocenters. The van der Waals surface area contributed by atoms with Crippen LogP contribution in [0.5, 0.6) is 5.75 Å². The molecule has 1 aromatic carbocycles. The Bertz CT molecular complexity index is 1060. The van der Waals surface area contributed by atoms with Crippen molar-refractivity contribution < 1.29 is 21.8 Å². The molecule has 1 aromatic heterocycles. The van der Waals surface area contributed by atoms with Gasteiger partial charge in [0.05, 0.1) is 12.6 Å². The summed E-state index contributed by atoms with van der Waals surface area (Å²) in [6.45, 7) is 0.983. The summed E-state index contributed by atoms with van der Waals surface area (Å²) in [5.41, 5.74) is -0.615. The minimum absolute atomic E-state index is 0.0250. The minimum Gasteiger partial charge on any atom is -0.374 e. The summed E-state index contributed by atoms with van der Waals surface area (Å²) < 4.78 is 43.8. The highest BCUT2D eigenvalue weighted by molar-refractivity contribution is 7.86. The zero-order chi connectivity index (χ0) is 23.0. The van der Waals surface area contributed by atoms with Gasteiger partial charge < -0.3 is 9.50 Å². The Kier molecular flexibility index (Phi) is 8.96. The van der Waals surface area contributed by atoms with E-state index in [4.69, 9.17) is 16.0 Å². The maximum atomic E-state index is 13.0. The molecule has 2 rings (SSSR count). The molecule has 0 bridgehead atoms. The van der Waals surface area contributed by atoms with E-state index in [1.54, 1.807) is 7.05 Å². The molecule has 1 amide bonds.